The molecule has 2 aromatic rings. The van der Waals surface area contributed by atoms with Crippen LogP contribution in [0.3, 0.4) is 0 Å². The molecule has 6 heteroatoms. The first-order valence-electron chi connectivity index (χ1n) is 4.28. The van der Waals surface area contributed by atoms with Crippen molar-refractivity contribution >= 4 is 34.4 Å². The maximum atomic E-state index is 10.8. The molecule has 16 heavy (non-hydrogen) atoms. The molecule has 82 valence electrons. The number of aromatic carboxylic acids is 2. The molecule has 1 aromatic carbocycles. The van der Waals surface area contributed by atoms with E-state index in [9.17, 15) is 9.59 Å². The minimum atomic E-state index is -1.12. The van der Waals surface area contributed by atoms with Gasteiger partial charge in [0.2, 0.25) is 0 Å². The second-order valence-corrected chi connectivity index (χ2v) is 3.62. The number of nitrogens with one attached hydrogen (secondary N) is 1. The summed E-state index contributed by atoms with van der Waals surface area (Å²) in [6.45, 7) is 0. The Balaban J connectivity index is 2.72. The predicted octanol–water partition coefficient (Wildman–Crippen LogP) is 2.22. The Morgan fingerprint density at radius 3 is 2.38 bits per heavy atom. The quantitative estimate of drug-likeness (QED) is 0.749. The van der Waals surface area contributed by atoms with E-state index in [1.165, 1.54) is 18.2 Å². The molecular formula is C10H6ClNO4. The highest BCUT2D eigenvalue weighted by molar-refractivity contribution is 6.35. The Labute approximate surface area is 94.3 Å². The van der Waals surface area contributed by atoms with E-state index >= 15 is 0 Å². The maximum absolute atomic E-state index is 10.8. The van der Waals surface area contributed by atoms with Crippen LogP contribution in [0.25, 0.3) is 10.9 Å². The Morgan fingerprint density at radius 2 is 1.81 bits per heavy atom. The zero-order valence-corrected chi connectivity index (χ0v) is 8.58. The van der Waals surface area contributed by atoms with Crippen molar-refractivity contribution in [1.82, 2.24) is 4.98 Å². The third kappa shape index (κ3) is 1.61. The minimum absolute atomic E-state index is 0.0217. The SMILES string of the molecule is O=C(O)c1cc(Cl)c2[nH]c(C(=O)O)cc2c1. The van der Waals surface area contributed by atoms with E-state index in [1.807, 2.05) is 0 Å². The lowest BCUT2D eigenvalue weighted by Gasteiger charge is -1.97. The predicted molar refractivity (Wildman–Crippen MR) is 57.2 cm³/mol. The number of aromatic nitrogens is 1. The monoisotopic (exact) mass is 239 g/mol. The van der Waals surface area contributed by atoms with Gasteiger partial charge in [0.05, 0.1) is 16.1 Å². The van der Waals surface area contributed by atoms with Crippen LogP contribution in [0.1, 0.15) is 20.8 Å². The molecule has 0 bridgehead atoms. The molecule has 5 nitrogen and oxygen atoms in total. The molecule has 0 aliphatic carbocycles. The number of aromatic amines is 1. The summed E-state index contributed by atoms with van der Waals surface area (Å²) >= 11 is 5.84. The number of carboxylic acid groups (broad SMARTS) is 2. The third-order valence-electron chi connectivity index (χ3n) is 2.16. The Bertz CT molecular complexity index is 602. The molecule has 0 saturated carbocycles. The molecule has 0 aliphatic heterocycles. The first-order chi connectivity index (χ1) is 7.49. The van der Waals surface area contributed by atoms with Gasteiger partial charge in [0, 0.05) is 5.39 Å². The number of hydrogen-bond acceptors (Lipinski definition) is 2. The van der Waals surface area contributed by atoms with E-state index in [1.54, 1.807) is 0 Å². The molecule has 0 unspecified atom stereocenters. The second kappa shape index (κ2) is 3.53. The molecule has 0 aliphatic rings. The molecule has 0 spiro atoms. The van der Waals surface area contributed by atoms with Crippen molar-refractivity contribution in [3.8, 4) is 0 Å². The number of carboxylic acids is 2. The van der Waals surface area contributed by atoms with Gasteiger partial charge in [-0.25, -0.2) is 9.59 Å². The first-order valence-corrected chi connectivity index (χ1v) is 4.65. The fraction of sp³-hybridized carbons (Fsp3) is 0. The van der Waals surface area contributed by atoms with Gasteiger partial charge in [0.15, 0.2) is 0 Å². The Hall–Kier alpha value is -2.01. The summed E-state index contributed by atoms with van der Waals surface area (Å²) in [5, 5.41) is 18.2. The van der Waals surface area contributed by atoms with Crippen molar-refractivity contribution in [3.63, 3.8) is 0 Å². The number of halogens is 1. The van der Waals surface area contributed by atoms with Gasteiger partial charge in [-0.3, -0.25) is 0 Å². The van der Waals surface area contributed by atoms with Crippen molar-refractivity contribution in [2.45, 2.75) is 0 Å². The van der Waals surface area contributed by atoms with Gasteiger partial charge in [-0.1, -0.05) is 11.6 Å². The summed E-state index contributed by atoms with van der Waals surface area (Å²) in [6.07, 6.45) is 0. The van der Waals surface area contributed by atoms with Crippen LogP contribution in [-0.2, 0) is 0 Å². The number of H-pyrrole nitrogens is 1. The van der Waals surface area contributed by atoms with E-state index in [4.69, 9.17) is 21.8 Å². The first kappa shape index (κ1) is 10.5. The molecule has 3 N–H and O–H groups in total. The molecule has 2 rings (SSSR count). The highest BCUT2D eigenvalue weighted by Crippen LogP contribution is 2.25. The fourth-order valence-electron chi connectivity index (χ4n) is 1.44. The summed E-state index contributed by atoms with van der Waals surface area (Å²) in [6, 6.07) is 3.98. The molecule has 1 heterocycles. The van der Waals surface area contributed by atoms with Gasteiger partial charge in [-0.2, -0.15) is 0 Å². The minimum Gasteiger partial charge on any atom is -0.478 e. The van der Waals surface area contributed by atoms with E-state index < -0.39 is 11.9 Å². The topological polar surface area (TPSA) is 90.4 Å². The number of benzene rings is 1. The Kier molecular flexibility index (Phi) is 2.32. The van der Waals surface area contributed by atoms with Crippen LogP contribution in [0.15, 0.2) is 18.2 Å². The lowest BCUT2D eigenvalue weighted by atomic mass is 10.1. The summed E-state index contributed by atoms with van der Waals surface area (Å²) in [4.78, 5) is 24.1. The van der Waals surface area contributed by atoms with Crippen molar-refractivity contribution in [2.24, 2.45) is 0 Å². The molecule has 0 saturated heterocycles. The molecule has 1 aromatic heterocycles. The number of hydrogen-bond donors (Lipinski definition) is 3. The average molecular weight is 240 g/mol. The van der Waals surface area contributed by atoms with Gasteiger partial charge >= 0.3 is 11.9 Å². The molecule has 0 amide bonds. The second-order valence-electron chi connectivity index (χ2n) is 3.22. The van der Waals surface area contributed by atoms with Crippen LogP contribution < -0.4 is 0 Å². The van der Waals surface area contributed by atoms with Gasteiger partial charge in [-0.05, 0) is 18.2 Å². The molecule has 0 fully saturated rings. The van der Waals surface area contributed by atoms with Crippen molar-refractivity contribution < 1.29 is 19.8 Å². The van der Waals surface area contributed by atoms with Gasteiger partial charge in [0.1, 0.15) is 5.69 Å². The third-order valence-corrected chi connectivity index (χ3v) is 2.46. The number of carbonyl (C=O) groups is 2. The van der Waals surface area contributed by atoms with Gasteiger partial charge in [-0.15, -0.1) is 0 Å². The zero-order chi connectivity index (χ0) is 11.9. The van der Waals surface area contributed by atoms with Crippen molar-refractivity contribution in [3.05, 3.63) is 34.5 Å². The van der Waals surface area contributed by atoms with Crippen LogP contribution in [0.5, 0.6) is 0 Å². The van der Waals surface area contributed by atoms with Crippen LogP contribution in [0, 0.1) is 0 Å². The van der Waals surface area contributed by atoms with Gasteiger partial charge < -0.3 is 15.2 Å². The van der Waals surface area contributed by atoms with Crippen LogP contribution >= 0.6 is 11.6 Å². The number of rotatable bonds is 2. The Morgan fingerprint density at radius 1 is 1.12 bits per heavy atom. The lowest BCUT2D eigenvalue weighted by Crippen LogP contribution is -1.95. The normalized spacial score (nSPS) is 10.6. The largest absolute Gasteiger partial charge is 0.478 e. The van der Waals surface area contributed by atoms with Crippen molar-refractivity contribution in [1.29, 1.82) is 0 Å². The van der Waals surface area contributed by atoms with Crippen molar-refractivity contribution in [2.75, 3.05) is 0 Å². The lowest BCUT2D eigenvalue weighted by molar-refractivity contribution is 0.0683. The van der Waals surface area contributed by atoms with Crippen LogP contribution in [-0.4, -0.2) is 27.1 Å². The van der Waals surface area contributed by atoms with E-state index in [0.29, 0.717) is 10.9 Å². The highest BCUT2D eigenvalue weighted by atomic mass is 35.5. The average Bonchev–Trinajstić information content (AvgIpc) is 2.61. The summed E-state index contributed by atoms with van der Waals surface area (Å²) < 4.78 is 0. The highest BCUT2D eigenvalue weighted by Gasteiger charge is 2.13. The van der Waals surface area contributed by atoms with Crippen LogP contribution in [0.2, 0.25) is 5.02 Å². The smallest absolute Gasteiger partial charge is 0.352 e. The van der Waals surface area contributed by atoms with E-state index in [0.717, 1.165) is 0 Å². The summed E-state index contributed by atoms with van der Waals surface area (Å²) in [5.74, 6) is -2.23. The number of fused-ring (bicyclic) bond motifs is 1. The molecular weight excluding hydrogens is 234 g/mol. The zero-order valence-electron chi connectivity index (χ0n) is 7.82. The molecule has 0 atom stereocenters. The maximum Gasteiger partial charge on any atom is 0.352 e. The van der Waals surface area contributed by atoms with E-state index in [2.05, 4.69) is 4.98 Å². The van der Waals surface area contributed by atoms with Gasteiger partial charge in [0.25, 0.3) is 0 Å². The molecule has 0 radical (unpaired) electrons. The summed E-state index contributed by atoms with van der Waals surface area (Å²) in [7, 11) is 0. The standard InChI is InChI=1S/C10H6ClNO4/c11-6-2-5(9(13)14)1-4-3-7(10(15)16)12-8(4)6/h1-3,12H,(H,13,14)(H,15,16). The fourth-order valence-corrected chi connectivity index (χ4v) is 1.71. The van der Waals surface area contributed by atoms with Crippen LogP contribution in [0.4, 0.5) is 0 Å². The van der Waals surface area contributed by atoms with E-state index in [-0.39, 0.29) is 16.3 Å². The summed E-state index contributed by atoms with van der Waals surface area (Å²) in [5.41, 5.74) is 0.414.